The van der Waals surface area contributed by atoms with Crippen LogP contribution in [0.1, 0.15) is 30.6 Å². The Balaban J connectivity index is 0.00000288. The van der Waals surface area contributed by atoms with Gasteiger partial charge in [0.15, 0.2) is 5.52 Å². The third kappa shape index (κ3) is 6.44. The van der Waals surface area contributed by atoms with Crippen LogP contribution >= 0.6 is 31.8 Å². The molecule has 0 N–H and O–H groups in total. The van der Waals surface area contributed by atoms with Crippen molar-refractivity contribution in [1.82, 2.24) is 0 Å². The van der Waals surface area contributed by atoms with Gasteiger partial charge < -0.3 is 4.74 Å². The van der Waals surface area contributed by atoms with Gasteiger partial charge in [-0.15, -0.1) is 0 Å². The van der Waals surface area contributed by atoms with Crippen LogP contribution in [-0.2, 0) is 0 Å². The van der Waals surface area contributed by atoms with Crippen LogP contribution in [0.3, 0.4) is 0 Å². The molecule has 0 radical (unpaired) electrons. The molecule has 0 saturated heterocycles. The zero-order valence-corrected chi connectivity index (χ0v) is 16.6. The molecule has 0 saturated carbocycles. The summed E-state index contributed by atoms with van der Waals surface area (Å²) < 4.78 is 5.68. The van der Waals surface area contributed by atoms with E-state index in [0.717, 1.165) is 17.5 Å². The van der Waals surface area contributed by atoms with E-state index < -0.39 is 0 Å². The normalized spacial score (nSPS) is 10.9. The monoisotopic (exact) mass is 375 g/mol. The summed E-state index contributed by atoms with van der Waals surface area (Å²) in [5.74, 6) is 1.44. The maximum atomic E-state index is 12.4. The minimum Gasteiger partial charge on any atom is -0.494 e. The molecule has 2 rings (SSSR count). The van der Waals surface area contributed by atoms with E-state index in [2.05, 4.69) is 13.8 Å². The smallest absolute Gasteiger partial charge is 0.494 e. The number of carbonyl (C=O) groups is 1. The first-order valence-corrected chi connectivity index (χ1v) is 9.21. The molecule has 0 aliphatic heterocycles. The van der Waals surface area contributed by atoms with Crippen molar-refractivity contribution >= 4 is 42.6 Å². The average molecular weight is 376 g/mol. The molecule has 6 heteroatoms. The summed E-state index contributed by atoms with van der Waals surface area (Å²) >= 11 is 12.2. The molecule has 0 bridgehead atoms. The van der Waals surface area contributed by atoms with Gasteiger partial charge in [0.1, 0.15) is 5.75 Å². The molecular formula is C18H19Cl2LiO2P+. The quantitative estimate of drug-likeness (QED) is 0.549. The maximum absolute atomic E-state index is 12.4. The number of carbonyl (C=O) groups excluding carboxylic acids is 1. The predicted molar refractivity (Wildman–Crippen MR) is 100 cm³/mol. The topological polar surface area (TPSA) is 26.3 Å². The van der Waals surface area contributed by atoms with Crippen molar-refractivity contribution in [3.63, 3.8) is 0 Å². The molecule has 0 aromatic heterocycles. The molecular weight excluding hydrogens is 357 g/mol. The van der Waals surface area contributed by atoms with E-state index in [-0.39, 0.29) is 33.0 Å². The molecule has 0 amide bonds. The Morgan fingerprint density at radius 2 is 1.67 bits per heavy atom. The third-order valence-corrected chi connectivity index (χ3v) is 4.99. The van der Waals surface area contributed by atoms with E-state index in [9.17, 15) is 4.79 Å². The zero-order valence-electron chi connectivity index (χ0n) is 14.1. The molecule has 2 aromatic rings. The van der Waals surface area contributed by atoms with Crippen LogP contribution < -0.4 is 28.9 Å². The minimum absolute atomic E-state index is 0. The Labute approximate surface area is 167 Å². The maximum Gasteiger partial charge on any atom is 1.00 e. The average Bonchev–Trinajstić information content (AvgIpc) is 2.48. The molecule has 0 heterocycles. The Morgan fingerprint density at radius 1 is 1.08 bits per heavy atom. The fraction of sp³-hybridized carbons (Fsp3) is 0.278. The Bertz CT molecular complexity index is 655. The van der Waals surface area contributed by atoms with Crippen LogP contribution in [0.15, 0.2) is 42.5 Å². The second-order valence-corrected chi connectivity index (χ2v) is 7.70. The molecule has 0 aliphatic carbocycles. The standard InChI is InChI=1S/C18H19Cl2O2P.Li/c1-12(2)10-11-22-13-6-8-14(9-7-13)23-18(21)17-15(19)4-3-5-16(17)20;/h3-9,12,23H,10-11H2,1-2H3;/q;+1. The van der Waals surface area contributed by atoms with Gasteiger partial charge in [0.25, 0.3) is 0 Å². The Hall–Kier alpha value is -0.483. The first kappa shape index (κ1) is 21.6. The number of halogens is 2. The largest absolute Gasteiger partial charge is 1.00 e. The molecule has 2 aromatic carbocycles. The molecule has 122 valence electrons. The van der Waals surface area contributed by atoms with Gasteiger partial charge in [-0.1, -0.05) is 55.2 Å². The molecule has 0 spiro atoms. The van der Waals surface area contributed by atoms with Crippen molar-refractivity contribution in [2.75, 3.05) is 6.61 Å². The fourth-order valence-electron chi connectivity index (χ4n) is 1.96. The van der Waals surface area contributed by atoms with Crippen molar-refractivity contribution < 1.29 is 28.4 Å². The first-order chi connectivity index (χ1) is 11.0. The van der Waals surface area contributed by atoms with E-state index in [4.69, 9.17) is 27.9 Å². The van der Waals surface area contributed by atoms with Crippen molar-refractivity contribution in [3.8, 4) is 5.75 Å². The van der Waals surface area contributed by atoms with Crippen molar-refractivity contribution in [3.05, 3.63) is 58.1 Å². The van der Waals surface area contributed by atoms with Gasteiger partial charge in [-0.25, -0.2) is 0 Å². The summed E-state index contributed by atoms with van der Waals surface area (Å²) in [6.07, 6.45) is 1.02. The van der Waals surface area contributed by atoms with E-state index in [1.54, 1.807) is 18.2 Å². The second-order valence-electron chi connectivity index (χ2n) is 5.61. The molecule has 2 nitrogen and oxygen atoms in total. The van der Waals surface area contributed by atoms with Crippen LogP contribution in [0.2, 0.25) is 10.0 Å². The van der Waals surface area contributed by atoms with Gasteiger partial charge in [-0.2, -0.15) is 0 Å². The zero-order chi connectivity index (χ0) is 16.8. The van der Waals surface area contributed by atoms with Crippen molar-refractivity contribution in [1.29, 1.82) is 0 Å². The van der Waals surface area contributed by atoms with Crippen LogP contribution in [-0.4, -0.2) is 12.1 Å². The number of ether oxygens (including phenoxy) is 1. The summed E-state index contributed by atoms with van der Waals surface area (Å²) in [6, 6.07) is 12.7. The van der Waals surface area contributed by atoms with E-state index >= 15 is 0 Å². The predicted octanol–water partition coefficient (Wildman–Crippen LogP) is 2.57. The first-order valence-electron chi connectivity index (χ1n) is 7.45. The third-order valence-electron chi connectivity index (χ3n) is 3.27. The van der Waals surface area contributed by atoms with Crippen LogP contribution in [0, 0.1) is 5.92 Å². The van der Waals surface area contributed by atoms with E-state index in [1.165, 1.54) is 0 Å². The summed E-state index contributed by atoms with van der Waals surface area (Å²) in [5.41, 5.74) is 0.334. The summed E-state index contributed by atoms with van der Waals surface area (Å²) in [6.45, 7) is 5.03. The Kier molecular flexibility index (Phi) is 9.43. The van der Waals surface area contributed by atoms with Crippen molar-refractivity contribution in [2.24, 2.45) is 5.92 Å². The number of benzene rings is 2. The molecule has 24 heavy (non-hydrogen) atoms. The van der Waals surface area contributed by atoms with Gasteiger partial charge in [0, 0.05) is 0 Å². The van der Waals surface area contributed by atoms with Crippen LogP contribution in [0.5, 0.6) is 5.75 Å². The number of hydrogen-bond acceptors (Lipinski definition) is 2. The van der Waals surface area contributed by atoms with E-state index in [0.29, 0.717) is 28.1 Å². The molecule has 1 unspecified atom stereocenters. The van der Waals surface area contributed by atoms with Crippen molar-refractivity contribution in [2.45, 2.75) is 20.3 Å². The summed E-state index contributed by atoms with van der Waals surface area (Å²) in [7, 11) is -0.0202. The number of rotatable bonds is 7. The van der Waals surface area contributed by atoms with Crippen LogP contribution in [0.4, 0.5) is 0 Å². The minimum atomic E-state index is -0.0610. The number of hydrogen-bond donors (Lipinski definition) is 0. The summed E-state index contributed by atoms with van der Waals surface area (Å²) in [4.78, 5) is 12.4. The van der Waals surface area contributed by atoms with Crippen LogP contribution in [0.25, 0.3) is 0 Å². The molecule has 0 aliphatic rings. The molecule has 0 fully saturated rings. The SMILES string of the molecule is CC(C)CCOc1ccc(PC(=O)c2c(Cl)cccc2Cl)cc1.[Li+]. The van der Waals surface area contributed by atoms with Gasteiger partial charge >= 0.3 is 18.9 Å². The fourth-order valence-corrected chi connectivity index (χ4v) is 3.67. The molecule has 1 atom stereocenters. The van der Waals surface area contributed by atoms with Gasteiger partial charge in [0.05, 0.1) is 22.2 Å². The van der Waals surface area contributed by atoms with Gasteiger partial charge in [-0.3, -0.25) is 4.79 Å². The van der Waals surface area contributed by atoms with E-state index in [1.807, 2.05) is 24.3 Å². The van der Waals surface area contributed by atoms with Gasteiger partial charge in [-0.05, 0) is 50.5 Å². The van der Waals surface area contributed by atoms with Gasteiger partial charge in [0.2, 0.25) is 0 Å². The summed E-state index contributed by atoms with van der Waals surface area (Å²) in [5, 5.41) is 1.72. The Morgan fingerprint density at radius 3 is 2.21 bits per heavy atom. The second kappa shape index (κ2) is 10.5.